The molecule has 0 spiro atoms. The van der Waals surface area contributed by atoms with Crippen molar-refractivity contribution < 1.29 is 33.0 Å². The molecule has 1 saturated carbocycles. The highest BCUT2D eigenvalue weighted by Crippen LogP contribution is 2.53. The van der Waals surface area contributed by atoms with E-state index in [1.807, 2.05) is 25.2 Å². The van der Waals surface area contributed by atoms with Gasteiger partial charge in [0.05, 0.1) is 4.88 Å². The van der Waals surface area contributed by atoms with Gasteiger partial charge in [0, 0.05) is 68.2 Å². The number of alkyl halides is 2. The third kappa shape index (κ3) is 11.1. The van der Waals surface area contributed by atoms with Gasteiger partial charge in [0.1, 0.15) is 6.79 Å². The summed E-state index contributed by atoms with van der Waals surface area (Å²) in [5.74, 6) is 2.45. The molecule has 2 amide bonds. The minimum Gasteiger partial charge on any atom is -0.354 e. The van der Waals surface area contributed by atoms with Gasteiger partial charge < -0.3 is 29.7 Å². The molecule has 3 aliphatic rings. The van der Waals surface area contributed by atoms with Crippen molar-refractivity contribution >= 4 is 48.4 Å². The fourth-order valence-electron chi connectivity index (χ4n) is 5.87. The minimum absolute atomic E-state index is 0.291. The third-order valence-corrected chi connectivity index (χ3v) is 10.5. The van der Waals surface area contributed by atoms with E-state index in [2.05, 4.69) is 40.1 Å². The number of fused-ring (bicyclic) bond motifs is 1. The molecule has 258 valence electrons. The molecule has 4 heterocycles. The lowest BCUT2D eigenvalue weighted by Crippen LogP contribution is -2.41. The summed E-state index contributed by atoms with van der Waals surface area (Å²) in [5, 5.41) is 2.92. The van der Waals surface area contributed by atoms with Gasteiger partial charge in [0.2, 0.25) is 14.3 Å². The molecule has 6 rings (SSSR count). The Morgan fingerprint density at radius 1 is 1.15 bits per heavy atom. The summed E-state index contributed by atoms with van der Waals surface area (Å²) in [6.45, 7) is 8.64. The van der Waals surface area contributed by atoms with E-state index in [4.69, 9.17) is 14.6 Å². The van der Waals surface area contributed by atoms with Crippen LogP contribution in [0.15, 0.2) is 48.8 Å². The van der Waals surface area contributed by atoms with E-state index in [1.165, 1.54) is 93.8 Å². The lowest BCUT2D eigenvalue weighted by Gasteiger charge is -2.36. The predicted octanol–water partition coefficient (Wildman–Crippen LogP) is 6.36. The zero-order valence-corrected chi connectivity index (χ0v) is 29.1. The largest absolute Gasteiger partial charge is 0.354 e. The number of amides is 2. The number of aromatic nitrogens is 1. The summed E-state index contributed by atoms with van der Waals surface area (Å²) in [4.78, 5) is 57.8. The Hall–Kier alpha value is -2.89. The van der Waals surface area contributed by atoms with E-state index in [-0.39, 0.29) is 5.91 Å². The van der Waals surface area contributed by atoms with Gasteiger partial charge in [-0.3, -0.25) is 14.6 Å². The Labute approximate surface area is 281 Å². The fraction of sp³-hybridized carbons (Fsp3) is 0.529. The molecule has 13 heteroatoms. The highest BCUT2D eigenvalue weighted by molar-refractivity contribution is 7.46. The quantitative estimate of drug-likeness (QED) is 0.223. The van der Waals surface area contributed by atoms with Crippen molar-refractivity contribution in [3.8, 4) is 0 Å². The van der Waals surface area contributed by atoms with Crippen LogP contribution in [0.2, 0.25) is 0 Å². The summed E-state index contributed by atoms with van der Waals surface area (Å²) in [6, 6.07) is 9.40. The molecule has 0 radical (unpaired) electrons. The highest BCUT2D eigenvalue weighted by atomic mass is 32.1. The number of benzene rings is 1. The van der Waals surface area contributed by atoms with E-state index in [1.54, 1.807) is 0 Å². The standard InChI is InChI=1S/C13H23NO.C11H10F2NO3PS.C9H12N2.CH2O/c1-2-5-12(11-6-7-11)10-13(15)14-8-3-4-9-14;1-14-10(15)9-5-6-4-7(2-3-8(6)19-9)11(12,13)18(16)17;1-11-6-9(7-11)8-3-2-4-10-5-8;1-2/h11-12H,2-10H2,1H3;2-5,16-17H,1H3,(H,14,15);2-5,9H,6-7H2,1H3;1H2. The Balaban J connectivity index is 0.000000192. The van der Waals surface area contributed by atoms with Gasteiger partial charge in [0.25, 0.3) is 5.91 Å². The smallest absolute Gasteiger partial charge is 0.339 e. The van der Waals surface area contributed by atoms with Gasteiger partial charge in [-0.2, -0.15) is 8.78 Å². The lowest BCUT2D eigenvalue weighted by molar-refractivity contribution is -0.131. The lowest BCUT2D eigenvalue weighted by atomic mass is 9.94. The van der Waals surface area contributed by atoms with Crippen LogP contribution in [0, 0.1) is 11.8 Å². The van der Waals surface area contributed by atoms with Crippen LogP contribution in [0.4, 0.5) is 8.78 Å². The van der Waals surface area contributed by atoms with Gasteiger partial charge in [-0.05, 0) is 86.2 Å². The molecule has 2 aromatic heterocycles. The summed E-state index contributed by atoms with van der Waals surface area (Å²) < 4.78 is 27.7. The second-order valence-corrected chi connectivity index (χ2v) is 14.4. The van der Waals surface area contributed by atoms with Crippen LogP contribution in [0.3, 0.4) is 0 Å². The number of rotatable bonds is 9. The van der Waals surface area contributed by atoms with Crippen molar-refractivity contribution in [3.05, 3.63) is 64.8 Å². The van der Waals surface area contributed by atoms with Gasteiger partial charge in [-0.1, -0.05) is 25.5 Å². The minimum atomic E-state index is -3.68. The Morgan fingerprint density at radius 3 is 2.36 bits per heavy atom. The molecular formula is C34H47F2N4O5PS. The van der Waals surface area contributed by atoms with Crippen molar-refractivity contribution in [2.75, 3.05) is 40.3 Å². The second kappa shape index (κ2) is 18.6. The number of hydrogen-bond donors (Lipinski definition) is 3. The predicted molar refractivity (Wildman–Crippen MR) is 184 cm³/mol. The van der Waals surface area contributed by atoms with E-state index in [0.29, 0.717) is 26.8 Å². The Morgan fingerprint density at radius 2 is 1.83 bits per heavy atom. The first-order valence-corrected chi connectivity index (χ1v) is 18.1. The number of hydrogen-bond acceptors (Lipinski definition) is 8. The van der Waals surface area contributed by atoms with Crippen molar-refractivity contribution in [1.29, 1.82) is 0 Å². The monoisotopic (exact) mass is 692 g/mol. The summed E-state index contributed by atoms with van der Waals surface area (Å²) in [5.41, 5.74) is -2.78. The number of carbonyl (C=O) groups is 3. The zero-order valence-electron chi connectivity index (χ0n) is 27.4. The maximum atomic E-state index is 13.5. The van der Waals surface area contributed by atoms with Crippen LogP contribution in [0.25, 0.3) is 10.1 Å². The van der Waals surface area contributed by atoms with Crippen molar-refractivity contribution in [3.63, 3.8) is 0 Å². The number of likely N-dealkylation sites (N-methyl/N-ethyl adjacent to an activating group) is 1. The molecule has 1 atom stereocenters. The van der Waals surface area contributed by atoms with Crippen LogP contribution in [0.1, 0.15) is 78.6 Å². The van der Waals surface area contributed by atoms with E-state index >= 15 is 0 Å². The van der Waals surface area contributed by atoms with Crippen LogP contribution >= 0.6 is 19.7 Å². The highest BCUT2D eigenvalue weighted by Gasteiger charge is 2.41. The van der Waals surface area contributed by atoms with E-state index < -0.39 is 19.6 Å². The number of likely N-dealkylation sites (tertiary alicyclic amines) is 2. The number of nitrogens with one attached hydrogen (secondary N) is 1. The average molecular weight is 693 g/mol. The SMILES string of the molecule is C=O.CCCC(CC(=O)N1CCCC1)C1CC1.CN1CC(c2cccnc2)C1.CNC(=O)c1cc2cc(C(F)(F)P(O)O)ccc2s1. The molecule has 1 aliphatic carbocycles. The summed E-state index contributed by atoms with van der Waals surface area (Å²) >= 11 is 1.18. The number of halogens is 2. The topological polar surface area (TPSA) is 123 Å². The third-order valence-electron chi connectivity index (χ3n) is 8.63. The number of thiophene rings is 1. The first-order valence-electron chi connectivity index (χ1n) is 16.0. The Bertz CT molecular complexity index is 1410. The van der Waals surface area contributed by atoms with Gasteiger partial charge >= 0.3 is 5.66 Å². The zero-order chi connectivity index (χ0) is 34.6. The van der Waals surface area contributed by atoms with Crippen LogP contribution in [0.5, 0.6) is 0 Å². The van der Waals surface area contributed by atoms with Gasteiger partial charge in [0.15, 0.2) is 0 Å². The van der Waals surface area contributed by atoms with Gasteiger partial charge in [-0.25, -0.2) is 0 Å². The maximum Gasteiger partial charge on any atom is 0.339 e. The molecule has 3 aromatic rings. The molecule has 1 unspecified atom stereocenters. The summed E-state index contributed by atoms with van der Waals surface area (Å²) in [7, 11) is 0.236. The first-order chi connectivity index (χ1) is 22.5. The van der Waals surface area contributed by atoms with Crippen LogP contribution in [-0.4, -0.2) is 83.4 Å². The molecule has 9 nitrogen and oxygen atoms in total. The van der Waals surface area contributed by atoms with Crippen LogP contribution < -0.4 is 5.32 Å². The number of carbonyl (C=O) groups excluding carboxylic acids is 3. The molecule has 47 heavy (non-hydrogen) atoms. The number of nitrogens with zero attached hydrogens (tertiary/aromatic N) is 3. The van der Waals surface area contributed by atoms with Gasteiger partial charge in [-0.15, -0.1) is 11.3 Å². The molecule has 3 fully saturated rings. The average Bonchev–Trinajstić information content (AvgIpc) is 3.58. The van der Waals surface area contributed by atoms with Crippen molar-refractivity contribution in [1.82, 2.24) is 20.1 Å². The molecule has 2 aliphatic heterocycles. The maximum absolute atomic E-state index is 13.5. The van der Waals surface area contributed by atoms with Crippen LogP contribution in [-0.2, 0) is 15.3 Å². The molecular weight excluding hydrogens is 645 g/mol. The molecule has 2 saturated heterocycles. The molecule has 0 bridgehead atoms. The van der Waals surface area contributed by atoms with E-state index in [0.717, 1.165) is 37.4 Å². The number of pyridine rings is 1. The second-order valence-electron chi connectivity index (χ2n) is 12.2. The Kier molecular flexibility index (Phi) is 15.3. The summed E-state index contributed by atoms with van der Waals surface area (Å²) in [6.07, 6.45) is 12.3. The normalized spacial score (nSPS) is 17.0. The first kappa shape index (κ1) is 38.6. The van der Waals surface area contributed by atoms with E-state index in [9.17, 15) is 18.4 Å². The molecule has 1 aromatic carbocycles. The van der Waals surface area contributed by atoms with Crippen molar-refractivity contribution in [2.24, 2.45) is 11.8 Å². The molecule has 3 N–H and O–H groups in total. The van der Waals surface area contributed by atoms with Crippen molar-refractivity contribution in [2.45, 2.75) is 63.5 Å². The fourth-order valence-corrected chi connectivity index (χ4v) is 7.23.